The molecule has 0 spiro atoms. The molecule has 1 aromatic heterocycles. The molecule has 0 bridgehead atoms. The summed E-state index contributed by atoms with van der Waals surface area (Å²) >= 11 is 0. The Kier molecular flexibility index (Phi) is 5.05. The van der Waals surface area contributed by atoms with Crippen molar-refractivity contribution in [1.29, 1.82) is 0 Å². The molecule has 0 saturated heterocycles. The Morgan fingerprint density at radius 2 is 1.59 bits per heavy atom. The van der Waals surface area contributed by atoms with Crippen LogP contribution in [0.25, 0.3) is 22.4 Å². The highest BCUT2D eigenvalue weighted by molar-refractivity contribution is 7.90. The minimum atomic E-state index is -3.85. The predicted molar refractivity (Wildman–Crippen MR) is 104 cm³/mol. The number of carbonyl (C=O) groups excluding carboxylic acids is 1. The van der Waals surface area contributed by atoms with Crippen molar-refractivity contribution < 1.29 is 17.9 Å². The lowest BCUT2D eigenvalue weighted by atomic mass is 9.98. The van der Waals surface area contributed by atoms with E-state index in [-0.39, 0.29) is 4.90 Å². The van der Waals surface area contributed by atoms with E-state index < -0.39 is 15.9 Å². The highest BCUT2D eigenvalue weighted by Gasteiger charge is 2.17. The van der Waals surface area contributed by atoms with Crippen molar-refractivity contribution >= 4 is 15.9 Å². The second kappa shape index (κ2) is 7.28. The van der Waals surface area contributed by atoms with Crippen molar-refractivity contribution in [2.24, 2.45) is 0 Å². The largest absolute Gasteiger partial charge is 0.497 e. The Morgan fingerprint density at radius 1 is 1.00 bits per heavy atom. The van der Waals surface area contributed by atoms with E-state index in [0.29, 0.717) is 0 Å². The minimum Gasteiger partial charge on any atom is -0.497 e. The van der Waals surface area contributed by atoms with Crippen LogP contribution in [0.4, 0.5) is 0 Å². The van der Waals surface area contributed by atoms with E-state index in [9.17, 15) is 13.2 Å². The molecular weight excluding hydrogens is 364 g/mol. The number of aromatic amines is 1. The number of aryl methyl sites for hydroxylation is 1. The van der Waals surface area contributed by atoms with Crippen molar-refractivity contribution in [3.05, 3.63) is 60.3 Å². The van der Waals surface area contributed by atoms with E-state index in [1.807, 2.05) is 42.1 Å². The smallest absolute Gasteiger partial charge is 0.264 e. The van der Waals surface area contributed by atoms with Crippen LogP contribution in [0.2, 0.25) is 0 Å². The zero-order valence-corrected chi connectivity index (χ0v) is 16.1. The molecule has 6 nitrogen and oxygen atoms in total. The van der Waals surface area contributed by atoms with E-state index in [4.69, 9.17) is 4.74 Å². The van der Waals surface area contributed by atoms with Gasteiger partial charge in [0.15, 0.2) is 0 Å². The first-order valence-corrected chi connectivity index (χ1v) is 9.76. The number of methoxy groups -OCH3 is 1. The van der Waals surface area contributed by atoms with Gasteiger partial charge >= 0.3 is 0 Å². The first-order chi connectivity index (χ1) is 12.8. The van der Waals surface area contributed by atoms with Crippen LogP contribution >= 0.6 is 0 Å². The first kappa shape index (κ1) is 18.7. The molecule has 0 saturated carbocycles. The topological polar surface area (TPSA) is 88.3 Å². The molecule has 0 aliphatic carbocycles. The monoisotopic (exact) mass is 384 g/mol. The third-order valence-electron chi connectivity index (χ3n) is 4.19. The van der Waals surface area contributed by atoms with Crippen LogP contribution in [0.3, 0.4) is 0 Å². The SMILES string of the molecule is COc1ccc(-c2[nH]cc(C)c2-c2ccc(S(=O)(=O)NC(C)=O)cc2)cc1. The molecule has 3 aromatic rings. The molecule has 0 aliphatic rings. The summed E-state index contributed by atoms with van der Waals surface area (Å²) in [7, 11) is -2.23. The number of H-pyrrole nitrogens is 1. The van der Waals surface area contributed by atoms with Crippen LogP contribution in [0, 0.1) is 6.92 Å². The van der Waals surface area contributed by atoms with Gasteiger partial charge in [-0.25, -0.2) is 13.1 Å². The predicted octanol–water partition coefficient (Wildman–Crippen LogP) is 3.49. The van der Waals surface area contributed by atoms with E-state index in [2.05, 4.69) is 4.98 Å². The van der Waals surface area contributed by atoms with E-state index in [0.717, 1.165) is 40.6 Å². The lowest BCUT2D eigenvalue weighted by Crippen LogP contribution is -2.28. The number of hydrogen-bond acceptors (Lipinski definition) is 4. The van der Waals surface area contributed by atoms with Crippen LogP contribution < -0.4 is 9.46 Å². The van der Waals surface area contributed by atoms with Crippen molar-refractivity contribution in [1.82, 2.24) is 9.71 Å². The zero-order chi connectivity index (χ0) is 19.6. The van der Waals surface area contributed by atoms with Gasteiger partial charge in [-0.3, -0.25) is 4.79 Å². The highest BCUT2D eigenvalue weighted by atomic mass is 32.2. The Bertz CT molecular complexity index is 1070. The molecule has 0 unspecified atom stereocenters. The van der Waals surface area contributed by atoms with Gasteiger partial charge < -0.3 is 9.72 Å². The van der Waals surface area contributed by atoms with Gasteiger partial charge in [0, 0.05) is 18.7 Å². The maximum Gasteiger partial charge on any atom is 0.264 e. The van der Waals surface area contributed by atoms with Gasteiger partial charge in [0.1, 0.15) is 5.75 Å². The fraction of sp³-hybridized carbons (Fsp3) is 0.150. The van der Waals surface area contributed by atoms with Crippen LogP contribution in [0.5, 0.6) is 5.75 Å². The molecule has 27 heavy (non-hydrogen) atoms. The highest BCUT2D eigenvalue weighted by Crippen LogP contribution is 2.35. The summed E-state index contributed by atoms with van der Waals surface area (Å²) in [4.78, 5) is 14.4. The summed E-state index contributed by atoms with van der Waals surface area (Å²) < 4.78 is 31.4. The Morgan fingerprint density at radius 3 is 2.15 bits per heavy atom. The molecule has 0 aliphatic heterocycles. The van der Waals surface area contributed by atoms with Gasteiger partial charge in [0.05, 0.1) is 17.7 Å². The molecule has 0 atom stereocenters. The van der Waals surface area contributed by atoms with Crippen molar-refractivity contribution in [2.75, 3.05) is 7.11 Å². The molecule has 0 radical (unpaired) electrons. The molecule has 7 heteroatoms. The summed E-state index contributed by atoms with van der Waals surface area (Å²) in [6.45, 7) is 3.15. The van der Waals surface area contributed by atoms with Crippen LogP contribution in [0.15, 0.2) is 59.6 Å². The standard InChI is InChI=1S/C20H20N2O4S/c1-13-12-21-20(16-4-8-17(26-3)9-5-16)19(13)15-6-10-18(11-7-15)27(24,25)22-14(2)23/h4-12,21H,1-3H3,(H,22,23). The molecular formula is C20H20N2O4S. The number of ether oxygens (including phenoxy) is 1. The lowest BCUT2D eigenvalue weighted by Gasteiger charge is -2.09. The van der Waals surface area contributed by atoms with Crippen molar-refractivity contribution in [3.63, 3.8) is 0 Å². The van der Waals surface area contributed by atoms with E-state index in [1.54, 1.807) is 19.2 Å². The molecule has 3 rings (SSSR count). The number of hydrogen-bond donors (Lipinski definition) is 2. The molecule has 140 valence electrons. The Hall–Kier alpha value is -3.06. The van der Waals surface area contributed by atoms with Crippen molar-refractivity contribution in [3.8, 4) is 28.1 Å². The number of amides is 1. The number of benzene rings is 2. The number of carbonyl (C=O) groups is 1. The second-order valence-electron chi connectivity index (χ2n) is 6.14. The fourth-order valence-electron chi connectivity index (χ4n) is 2.93. The summed E-state index contributed by atoms with van der Waals surface area (Å²) in [6, 6.07) is 14.1. The maximum atomic E-state index is 12.1. The zero-order valence-electron chi connectivity index (χ0n) is 15.2. The Balaban J connectivity index is 2.00. The number of sulfonamides is 1. The number of aromatic nitrogens is 1. The molecule has 2 N–H and O–H groups in total. The van der Waals surface area contributed by atoms with Gasteiger partial charge in [-0.15, -0.1) is 0 Å². The van der Waals surface area contributed by atoms with Crippen molar-refractivity contribution in [2.45, 2.75) is 18.7 Å². The third kappa shape index (κ3) is 3.88. The summed E-state index contributed by atoms with van der Waals surface area (Å²) in [5, 5.41) is 0. The molecule has 1 heterocycles. The van der Waals surface area contributed by atoms with Crippen LogP contribution in [-0.2, 0) is 14.8 Å². The summed E-state index contributed by atoms with van der Waals surface area (Å²) in [6.07, 6.45) is 1.91. The van der Waals surface area contributed by atoms with Crippen LogP contribution in [-0.4, -0.2) is 26.4 Å². The van der Waals surface area contributed by atoms with Gasteiger partial charge in [0.25, 0.3) is 10.0 Å². The minimum absolute atomic E-state index is 0.0423. The molecule has 1 amide bonds. The van der Waals surface area contributed by atoms with Gasteiger partial charge in [-0.2, -0.15) is 0 Å². The Labute approximate surface area is 158 Å². The fourth-order valence-corrected chi connectivity index (χ4v) is 3.92. The van der Waals surface area contributed by atoms with Gasteiger partial charge in [-0.05, 0) is 60.0 Å². The summed E-state index contributed by atoms with van der Waals surface area (Å²) in [5.41, 5.74) is 4.84. The third-order valence-corrected chi connectivity index (χ3v) is 5.64. The number of nitrogens with one attached hydrogen (secondary N) is 2. The van der Waals surface area contributed by atoms with Gasteiger partial charge in [-0.1, -0.05) is 12.1 Å². The molecule has 0 fully saturated rings. The normalized spacial score (nSPS) is 11.2. The summed E-state index contributed by atoms with van der Waals surface area (Å²) in [5.74, 6) is 0.151. The first-order valence-electron chi connectivity index (χ1n) is 8.28. The van der Waals surface area contributed by atoms with E-state index in [1.165, 1.54) is 12.1 Å². The second-order valence-corrected chi connectivity index (χ2v) is 7.82. The van der Waals surface area contributed by atoms with Crippen LogP contribution in [0.1, 0.15) is 12.5 Å². The lowest BCUT2D eigenvalue weighted by molar-refractivity contribution is -0.117. The quantitative estimate of drug-likeness (QED) is 0.705. The molecule has 2 aromatic carbocycles. The average Bonchev–Trinajstić information content (AvgIpc) is 3.02. The average molecular weight is 384 g/mol. The van der Waals surface area contributed by atoms with Gasteiger partial charge in [0.2, 0.25) is 5.91 Å². The maximum absolute atomic E-state index is 12.1. The number of rotatable bonds is 5. The van der Waals surface area contributed by atoms with E-state index >= 15 is 0 Å².